The van der Waals surface area contributed by atoms with Crippen molar-refractivity contribution in [3.8, 4) is 0 Å². The molecule has 20 heavy (non-hydrogen) atoms. The predicted octanol–water partition coefficient (Wildman–Crippen LogP) is 2.52. The number of nitrogens with two attached hydrogens (primary N) is 1. The van der Waals surface area contributed by atoms with Crippen LogP contribution in [0.2, 0.25) is 0 Å². The minimum atomic E-state index is -0.0288. The molecule has 1 heterocycles. The second-order valence-electron chi connectivity index (χ2n) is 4.58. The molecule has 0 saturated carbocycles. The zero-order valence-corrected chi connectivity index (χ0v) is 11.8. The molecule has 0 fully saturated rings. The number of anilines is 1. The Morgan fingerprint density at radius 3 is 2.70 bits per heavy atom. The monoisotopic (exact) mass is 269 g/mol. The summed E-state index contributed by atoms with van der Waals surface area (Å²) in [5.74, 6) is -0.0288. The molecule has 1 amide bonds. The Bertz CT molecular complexity index is 610. The Kier molecular flexibility index (Phi) is 4.48. The Labute approximate surface area is 119 Å². The molecule has 0 radical (unpaired) electrons. The van der Waals surface area contributed by atoms with Crippen molar-refractivity contribution in [1.29, 1.82) is 0 Å². The lowest BCUT2D eigenvalue weighted by atomic mass is 10.1. The highest BCUT2D eigenvalue weighted by atomic mass is 16.2. The molecular weight excluding hydrogens is 250 g/mol. The summed E-state index contributed by atoms with van der Waals surface area (Å²) in [7, 11) is 0. The number of hydrogen-bond acceptors (Lipinski definition) is 3. The predicted molar refractivity (Wildman–Crippen MR) is 80.7 cm³/mol. The zero-order chi connectivity index (χ0) is 14.5. The Morgan fingerprint density at radius 1 is 1.30 bits per heavy atom. The van der Waals surface area contributed by atoms with Gasteiger partial charge < -0.3 is 10.6 Å². The summed E-state index contributed by atoms with van der Waals surface area (Å²) in [6.45, 7) is 4.92. The van der Waals surface area contributed by atoms with E-state index < -0.39 is 0 Å². The van der Waals surface area contributed by atoms with Gasteiger partial charge in [0.15, 0.2) is 0 Å². The molecule has 0 atom stereocenters. The molecule has 104 valence electrons. The fourth-order valence-electron chi connectivity index (χ4n) is 2.17. The van der Waals surface area contributed by atoms with Crippen LogP contribution in [0.3, 0.4) is 0 Å². The molecule has 0 unspecified atom stereocenters. The highest BCUT2D eigenvalue weighted by Crippen LogP contribution is 2.21. The molecule has 4 heteroatoms. The molecule has 1 aromatic heterocycles. The van der Waals surface area contributed by atoms with Crippen LogP contribution in [0.1, 0.15) is 28.5 Å². The zero-order valence-electron chi connectivity index (χ0n) is 11.8. The van der Waals surface area contributed by atoms with E-state index in [0.29, 0.717) is 18.7 Å². The smallest absolute Gasteiger partial charge is 0.258 e. The minimum Gasteiger partial charge on any atom is -0.325 e. The van der Waals surface area contributed by atoms with Crippen LogP contribution in [-0.4, -0.2) is 17.4 Å². The van der Waals surface area contributed by atoms with Crippen LogP contribution in [0.5, 0.6) is 0 Å². The van der Waals surface area contributed by atoms with Gasteiger partial charge in [0.1, 0.15) is 0 Å². The van der Waals surface area contributed by atoms with E-state index in [2.05, 4.69) is 4.98 Å². The van der Waals surface area contributed by atoms with Crippen LogP contribution < -0.4 is 10.6 Å². The first-order valence-corrected chi connectivity index (χ1v) is 6.69. The number of benzene rings is 1. The van der Waals surface area contributed by atoms with Crippen molar-refractivity contribution < 1.29 is 4.79 Å². The van der Waals surface area contributed by atoms with Crippen LogP contribution >= 0.6 is 0 Å². The van der Waals surface area contributed by atoms with Gasteiger partial charge in [-0.3, -0.25) is 9.78 Å². The molecule has 0 aliphatic heterocycles. The lowest BCUT2D eigenvalue weighted by Crippen LogP contribution is -2.31. The van der Waals surface area contributed by atoms with Gasteiger partial charge >= 0.3 is 0 Å². The van der Waals surface area contributed by atoms with E-state index in [1.807, 2.05) is 38.1 Å². The first-order chi connectivity index (χ1) is 9.67. The van der Waals surface area contributed by atoms with Crippen molar-refractivity contribution in [3.63, 3.8) is 0 Å². The van der Waals surface area contributed by atoms with Gasteiger partial charge in [-0.15, -0.1) is 0 Å². The van der Waals surface area contributed by atoms with E-state index in [1.165, 1.54) is 0 Å². The van der Waals surface area contributed by atoms with Gasteiger partial charge in [0.05, 0.1) is 5.69 Å². The van der Waals surface area contributed by atoms with Gasteiger partial charge in [-0.2, -0.15) is 0 Å². The first-order valence-electron chi connectivity index (χ1n) is 6.69. The second-order valence-corrected chi connectivity index (χ2v) is 4.58. The summed E-state index contributed by atoms with van der Waals surface area (Å²) in [6.07, 6.45) is 1.63. The number of amides is 1. The Balaban J connectivity index is 2.36. The summed E-state index contributed by atoms with van der Waals surface area (Å²) in [5.41, 5.74) is 8.93. The van der Waals surface area contributed by atoms with Gasteiger partial charge in [-0.25, -0.2) is 0 Å². The summed E-state index contributed by atoms with van der Waals surface area (Å²) in [5, 5.41) is 0. The minimum absolute atomic E-state index is 0.0288. The van der Waals surface area contributed by atoms with Crippen LogP contribution in [0.15, 0.2) is 42.6 Å². The maximum absolute atomic E-state index is 12.7. The highest BCUT2D eigenvalue weighted by molar-refractivity contribution is 6.06. The lowest BCUT2D eigenvalue weighted by molar-refractivity contribution is 0.0988. The van der Waals surface area contributed by atoms with Crippen LogP contribution in [0, 0.1) is 6.92 Å². The van der Waals surface area contributed by atoms with Gasteiger partial charge in [-0.05, 0) is 37.6 Å². The van der Waals surface area contributed by atoms with Crippen molar-refractivity contribution in [3.05, 3.63) is 59.4 Å². The van der Waals surface area contributed by atoms with Gasteiger partial charge in [0.25, 0.3) is 5.91 Å². The van der Waals surface area contributed by atoms with E-state index in [9.17, 15) is 4.79 Å². The molecule has 1 aromatic carbocycles. The third-order valence-corrected chi connectivity index (χ3v) is 3.24. The van der Waals surface area contributed by atoms with E-state index in [4.69, 9.17) is 5.73 Å². The maximum atomic E-state index is 12.7. The topological polar surface area (TPSA) is 59.2 Å². The molecule has 2 aromatic rings. The standard InChI is InChI=1S/C16H19N3O/c1-3-19(15-7-5-4-6-12(15)2)16(20)13-8-9-18-14(10-13)11-17/h4-10H,3,11,17H2,1-2H3. The number of aryl methyl sites for hydroxylation is 1. The van der Waals surface area contributed by atoms with Crippen molar-refractivity contribution in [2.75, 3.05) is 11.4 Å². The molecular formula is C16H19N3O. The number of para-hydroxylation sites is 1. The van der Waals surface area contributed by atoms with Crippen molar-refractivity contribution in [1.82, 2.24) is 4.98 Å². The number of nitrogens with zero attached hydrogens (tertiary/aromatic N) is 2. The molecule has 0 bridgehead atoms. The highest BCUT2D eigenvalue weighted by Gasteiger charge is 2.17. The lowest BCUT2D eigenvalue weighted by Gasteiger charge is -2.23. The summed E-state index contributed by atoms with van der Waals surface area (Å²) < 4.78 is 0. The fraction of sp³-hybridized carbons (Fsp3) is 0.250. The largest absolute Gasteiger partial charge is 0.325 e. The Morgan fingerprint density at radius 2 is 2.05 bits per heavy atom. The van der Waals surface area contributed by atoms with Crippen molar-refractivity contribution >= 4 is 11.6 Å². The second kappa shape index (κ2) is 6.30. The molecule has 0 saturated heterocycles. The number of aromatic nitrogens is 1. The molecule has 0 aliphatic rings. The van der Waals surface area contributed by atoms with Crippen LogP contribution in [0.25, 0.3) is 0 Å². The number of pyridine rings is 1. The summed E-state index contributed by atoms with van der Waals surface area (Å²) >= 11 is 0. The van der Waals surface area contributed by atoms with E-state index >= 15 is 0 Å². The van der Waals surface area contributed by atoms with Crippen LogP contribution in [-0.2, 0) is 6.54 Å². The fourth-order valence-corrected chi connectivity index (χ4v) is 2.17. The average Bonchev–Trinajstić information content (AvgIpc) is 2.49. The third kappa shape index (κ3) is 2.86. The van der Waals surface area contributed by atoms with Gasteiger partial charge in [-0.1, -0.05) is 18.2 Å². The van der Waals surface area contributed by atoms with E-state index in [0.717, 1.165) is 16.9 Å². The molecule has 0 aliphatic carbocycles. The average molecular weight is 269 g/mol. The quantitative estimate of drug-likeness (QED) is 0.927. The molecule has 4 nitrogen and oxygen atoms in total. The SMILES string of the molecule is CCN(C(=O)c1ccnc(CN)c1)c1ccccc1C. The van der Waals surface area contributed by atoms with Gasteiger partial charge in [0, 0.05) is 30.5 Å². The molecule has 0 spiro atoms. The number of rotatable bonds is 4. The van der Waals surface area contributed by atoms with Crippen LogP contribution in [0.4, 0.5) is 5.69 Å². The van der Waals surface area contributed by atoms with E-state index in [1.54, 1.807) is 23.2 Å². The first kappa shape index (κ1) is 14.2. The summed E-state index contributed by atoms with van der Waals surface area (Å²) in [6, 6.07) is 11.4. The Hall–Kier alpha value is -2.20. The van der Waals surface area contributed by atoms with Crippen molar-refractivity contribution in [2.24, 2.45) is 5.73 Å². The normalized spacial score (nSPS) is 10.3. The molecule has 2 N–H and O–H groups in total. The number of carbonyl (C=O) groups excluding carboxylic acids is 1. The van der Waals surface area contributed by atoms with Gasteiger partial charge in [0.2, 0.25) is 0 Å². The van der Waals surface area contributed by atoms with Crippen molar-refractivity contribution in [2.45, 2.75) is 20.4 Å². The maximum Gasteiger partial charge on any atom is 0.258 e. The molecule has 2 rings (SSSR count). The number of carbonyl (C=O) groups is 1. The number of hydrogen-bond donors (Lipinski definition) is 1. The summed E-state index contributed by atoms with van der Waals surface area (Å²) in [4.78, 5) is 18.5. The third-order valence-electron chi connectivity index (χ3n) is 3.24. The van der Waals surface area contributed by atoms with E-state index in [-0.39, 0.29) is 5.91 Å².